The Morgan fingerprint density at radius 1 is 0.829 bits per heavy atom. The molecule has 0 amide bonds. The van der Waals surface area contributed by atoms with Gasteiger partial charge < -0.3 is 9.47 Å². The number of esters is 2. The third-order valence-electron chi connectivity index (χ3n) is 8.31. The van der Waals surface area contributed by atoms with E-state index in [1.54, 1.807) is 12.1 Å². The van der Waals surface area contributed by atoms with E-state index in [0.717, 1.165) is 60.3 Å². The van der Waals surface area contributed by atoms with Crippen molar-refractivity contribution in [3.05, 3.63) is 49.1 Å². The maximum absolute atomic E-state index is 13.1. The molecule has 4 rings (SSSR count). The number of benzene rings is 2. The standard InChI is InChI=1S/C31H40O4/c1-3-5-6-9-22-14-16-23(17-15-22)24-18-20-25(21-19-24)31(33)35-29-13-8-10-26-27(29)11-7-12-28(26)34-30(32)4-2/h4,7-8,10-13,22-25H,2-3,5-6,9,14-21H2,1H3. The maximum Gasteiger partial charge on any atom is 0.335 e. The van der Waals surface area contributed by atoms with Gasteiger partial charge in [-0.25, -0.2) is 4.79 Å². The lowest BCUT2D eigenvalue weighted by Crippen LogP contribution is -2.30. The number of carbonyl (C=O) groups excluding carboxylic acids is 2. The fraction of sp³-hybridized carbons (Fsp3) is 0.548. The van der Waals surface area contributed by atoms with Crippen LogP contribution in [0.4, 0.5) is 0 Å². The molecule has 0 aromatic heterocycles. The predicted octanol–water partition coefficient (Wildman–Crippen LogP) is 8.03. The molecule has 2 aromatic rings. The average Bonchev–Trinajstić information content (AvgIpc) is 2.90. The van der Waals surface area contributed by atoms with E-state index >= 15 is 0 Å². The van der Waals surface area contributed by atoms with Gasteiger partial charge in [-0.05, 0) is 68.4 Å². The van der Waals surface area contributed by atoms with Gasteiger partial charge in [-0.1, -0.05) is 76.3 Å². The SMILES string of the molecule is C=CC(=O)Oc1cccc2c(OC(=O)C3CCC(C4CCC(CCCCC)CC4)CC3)cccc12. The van der Waals surface area contributed by atoms with Crippen LogP contribution in [0.1, 0.15) is 84.0 Å². The summed E-state index contributed by atoms with van der Waals surface area (Å²) in [4.78, 5) is 24.7. The second-order valence-corrected chi connectivity index (χ2v) is 10.5. The van der Waals surface area contributed by atoms with E-state index in [1.807, 2.05) is 24.3 Å². The third-order valence-corrected chi connectivity index (χ3v) is 8.31. The minimum Gasteiger partial charge on any atom is -0.426 e. The summed E-state index contributed by atoms with van der Waals surface area (Å²) in [6.07, 6.45) is 16.3. The van der Waals surface area contributed by atoms with Crippen LogP contribution in [0.5, 0.6) is 11.5 Å². The van der Waals surface area contributed by atoms with E-state index in [1.165, 1.54) is 51.4 Å². The highest BCUT2D eigenvalue weighted by Gasteiger charge is 2.33. The Labute approximate surface area is 210 Å². The molecule has 4 heteroatoms. The number of unbranched alkanes of at least 4 members (excludes halogenated alkanes) is 2. The van der Waals surface area contributed by atoms with Crippen LogP contribution in [0.2, 0.25) is 0 Å². The molecule has 2 fully saturated rings. The molecule has 0 atom stereocenters. The minimum absolute atomic E-state index is 0.0336. The zero-order valence-corrected chi connectivity index (χ0v) is 21.2. The van der Waals surface area contributed by atoms with Crippen molar-refractivity contribution in [3.63, 3.8) is 0 Å². The molecule has 4 nitrogen and oxygen atoms in total. The van der Waals surface area contributed by atoms with Crippen LogP contribution in [0.3, 0.4) is 0 Å². The summed E-state index contributed by atoms with van der Waals surface area (Å²) in [6, 6.07) is 10.9. The number of hydrogen-bond acceptors (Lipinski definition) is 4. The summed E-state index contributed by atoms with van der Waals surface area (Å²) in [5.74, 6) is 2.85. The molecule has 188 valence electrons. The normalized spacial score (nSPS) is 24.6. The van der Waals surface area contributed by atoms with Crippen LogP contribution in [-0.4, -0.2) is 11.9 Å². The Morgan fingerprint density at radius 3 is 1.97 bits per heavy atom. The highest BCUT2D eigenvalue weighted by molar-refractivity contribution is 5.96. The molecule has 2 aromatic carbocycles. The van der Waals surface area contributed by atoms with Gasteiger partial charge in [0.1, 0.15) is 11.5 Å². The molecular formula is C31H40O4. The molecule has 0 aliphatic heterocycles. The van der Waals surface area contributed by atoms with E-state index in [9.17, 15) is 9.59 Å². The number of ether oxygens (including phenoxy) is 2. The summed E-state index contributed by atoms with van der Waals surface area (Å²) in [6.45, 7) is 5.74. The summed E-state index contributed by atoms with van der Waals surface area (Å²) in [5, 5.41) is 1.50. The van der Waals surface area contributed by atoms with Gasteiger partial charge in [0, 0.05) is 16.8 Å². The molecule has 0 bridgehead atoms. The van der Waals surface area contributed by atoms with E-state index < -0.39 is 5.97 Å². The molecule has 2 saturated carbocycles. The Bertz CT molecular complexity index is 1010. The molecule has 0 unspecified atom stereocenters. The van der Waals surface area contributed by atoms with Crippen molar-refractivity contribution in [2.24, 2.45) is 23.7 Å². The summed E-state index contributed by atoms with van der Waals surface area (Å²) < 4.78 is 11.3. The molecule has 0 saturated heterocycles. The van der Waals surface area contributed by atoms with Crippen molar-refractivity contribution in [3.8, 4) is 11.5 Å². The fourth-order valence-electron chi connectivity index (χ4n) is 6.23. The maximum atomic E-state index is 13.1. The van der Waals surface area contributed by atoms with Gasteiger partial charge in [-0.2, -0.15) is 0 Å². The Hall–Kier alpha value is -2.62. The molecule has 2 aliphatic carbocycles. The molecule has 2 aliphatic rings. The topological polar surface area (TPSA) is 52.6 Å². The molecule has 0 radical (unpaired) electrons. The number of hydrogen-bond donors (Lipinski definition) is 0. The first-order valence-electron chi connectivity index (χ1n) is 13.7. The van der Waals surface area contributed by atoms with Crippen molar-refractivity contribution in [1.82, 2.24) is 0 Å². The van der Waals surface area contributed by atoms with Crippen molar-refractivity contribution in [1.29, 1.82) is 0 Å². The first kappa shape index (κ1) is 25.5. The highest BCUT2D eigenvalue weighted by Crippen LogP contribution is 2.43. The number of fused-ring (bicyclic) bond motifs is 1. The Morgan fingerprint density at radius 2 is 1.40 bits per heavy atom. The number of carbonyl (C=O) groups is 2. The molecule has 0 spiro atoms. The van der Waals surface area contributed by atoms with Gasteiger partial charge in [-0.3, -0.25) is 4.79 Å². The van der Waals surface area contributed by atoms with Crippen molar-refractivity contribution >= 4 is 22.7 Å². The zero-order valence-electron chi connectivity index (χ0n) is 21.2. The van der Waals surface area contributed by atoms with E-state index in [2.05, 4.69) is 13.5 Å². The van der Waals surface area contributed by atoms with Crippen LogP contribution in [0.25, 0.3) is 10.8 Å². The smallest absolute Gasteiger partial charge is 0.335 e. The van der Waals surface area contributed by atoms with E-state index in [-0.39, 0.29) is 11.9 Å². The second-order valence-electron chi connectivity index (χ2n) is 10.5. The van der Waals surface area contributed by atoms with Gasteiger partial charge in [0.2, 0.25) is 0 Å². The molecule has 35 heavy (non-hydrogen) atoms. The average molecular weight is 477 g/mol. The fourth-order valence-corrected chi connectivity index (χ4v) is 6.23. The predicted molar refractivity (Wildman–Crippen MR) is 140 cm³/mol. The summed E-state index contributed by atoms with van der Waals surface area (Å²) in [5.41, 5.74) is 0. The number of rotatable bonds is 9. The van der Waals surface area contributed by atoms with E-state index in [0.29, 0.717) is 11.5 Å². The van der Waals surface area contributed by atoms with Gasteiger partial charge in [-0.15, -0.1) is 0 Å². The van der Waals surface area contributed by atoms with Crippen LogP contribution in [0.15, 0.2) is 49.1 Å². The first-order valence-corrected chi connectivity index (χ1v) is 13.7. The van der Waals surface area contributed by atoms with Crippen LogP contribution < -0.4 is 9.47 Å². The van der Waals surface area contributed by atoms with Crippen LogP contribution in [0, 0.1) is 23.7 Å². The molecular weight excluding hydrogens is 436 g/mol. The summed E-state index contributed by atoms with van der Waals surface area (Å²) >= 11 is 0. The second kappa shape index (κ2) is 12.4. The minimum atomic E-state index is -0.512. The van der Waals surface area contributed by atoms with E-state index in [4.69, 9.17) is 9.47 Å². The Kier molecular flexibility index (Phi) is 9.01. The molecule has 0 heterocycles. The lowest BCUT2D eigenvalue weighted by atomic mass is 9.68. The largest absolute Gasteiger partial charge is 0.426 e. The molecule has 0 N–H and O–H groups in total. The zero-order chi connectivity index (χ0) is 24.6. The highest BCUT2D eigenvalue weighted by atomic mass is 16.5. The quantitative estimate of drug-likeness (QED) is 0.159. The third kappa shape index (κ3) is 6.54. The van der Waals surface area contributed by atoms with Crippen LogP contribution >= 0.6 is 0 Å². The Balaban J connectivity index is 1.30. The first-order chi connectivity index (χ1) is 17.1. The van der Waals surface area contributed by atoms with Gasteiger partial charge in [0.15, 0.2) is 0 Å². The van der Waals surface area contributed by atoms with Gasteiger partial charge >= 0.3 is 11.9 Å². The lowest BCUT2D eigenvalue weighted by Gasteiger charge is -2.37. The van der Waals surface area contributed by atoms with Crippen molar-refractivity contribution in [2.45, 2.75) is 84.0 Å². The lowest BCUT2D eigenvalue weighted by molar-refractivity contribution is -0.140. The van der Waals surface area contributed by atoms with Gasteiger partial charge in [0.25, 0.3) is 0 Å². The van der Waals surface area contributed by atoms with Crippen LogP contribution in [-0.2, 0) is 9.59 Å². The van der Waals surface area contributed by atoms with Crippen molar-refractivity contribution in [2.75, 3.05) is 0 Å². The monoisotopic (exact) mass is 476 g/mol. The van der Waals surface area contributed by atoms with Crippen molar-refractivity contribution < 1.29 is 19.1 Å². The van der Waals surface area contributed by atoms with Gasteiger partial charge in [0.05, 0.1) is 5.92 Å². The summed E-state index contributed by atoms with van der Waals surface area (Å²) in [7, 11) is 0.